The fourth-order valence-electron chi connectivity index (χ4n) is 6.82. The molecular weight excluding hydrogens is 480 g/mol. The molecule has 0 radical (unpaired) electrons. The zero-order chi connectivity index (χ0) is 25.6. The lowest BCUT2D eigenvalue weighted by molar-refractivity contribution is 0.434. The second-order valence-electron chi connectivity index (χ2n) is 10.0. The molecule has 5 heterocycles. The van der Waals surface area contributed by atoms with Crippen molar-refractivity contribution < 1.29 is 4.74 Å². The Bertz CT molecular complexity index is 2030. The normalized spacial score (nSPS) is 14.1. The van der Waals surface area contributed by atoms with E-state index in [1.807, 2.05) is 43.0 Å². The molecule has 9 rings (SSSR count). The smallest absolute Gasteiger partial charge is 0.156 e. The molecule has 0 amide bonds. The molecule has 4 aromatic heterocycles. The molecule has 5 nitrogen and oxygen atoms in total. The first kappa shape index (κ1) is 20.7. The first-order valence-electron chi connectivity index (χ1n) is 13.0. The highest BCUT2D eigenvalue weighted by Gasteiger charge is 2.52. The van der Waals surface area contributed by atoms with E-state index in [9.17, 15) is 0 Å². The molecular formula is C34H20N4O. The summed E-state index contributed by atoms with van der Waals surface area (Å²) in [6, 6.07) is 33.8. The maximum atomic E-state index is 6.86. The summed E-state index contributed by atoms with van der Waals surface area (Å²) in [5.41, 5.74) is 8.78. The van der Waals surface area contributed by atoms with Crippen LogP contribution in [0.25, 0.3) is 38.9 Å². The highest BCUT2D eigenvalue weighted by atomic mass is 16.5. The molecule has 39 heavy (non-hydrogen) atoms. The van der Waals surface area contributed by atoms with Gasteiger partial charge in [0.15, 0.2) is 5.75 Å². The number of pyridine rings is 3. The predicted molar refractivity (Wildman–Crippen MR) is 152 cm³/mol. The minimum absolute atomic E-state index is 0.607. The lowest BCUT2D eigenvalue weighted by atomic mass is 9.66. The van der Waals surface area contributed by atoms with Crippen molar-refractivity contribution in [3.63, 3.8) is 0 Å². The fourth-order valence-corrected chi connectivity index (χ4v) is 6.82. The molecule has 1 aliphatic carbocycles. The average molecular weight is 501 g/mol. The van der Waals surface area contributed by atoms with E-state index in [0.717, 1.165) is 67.2 Å². The van der Waals surface area contributed by atoms with E-state index in [-0.39, 0.29) is 0 Å². The Kier molecular flexibility index (Phi) is 3.93. The maximum absolute atomic E-state index is 6.86. The molecule has 2 aliphatic rings. The third-order valence-corrected chi connectivity index (χ3v) is 8.27. The standard InChI is InChI=1S/C34H20N4O/c1-3-13-27-21(8-1)22-16-19-35-20-29(22)38(27)28-14-5-10-26-33(28)39-30-15-4-2-9-23(30)34(26)24-11-6-17-36-31(24)32-25(34)12-7-18-37-32/h1-20H. The lowest BCUT2D eigenvalue weighted by Crippen LogP contribution is -2.32. The Balaban J connectivity index is 1.46. The molecule has 1 aliphatic heterocycles. The van der Waals surface area contributed by atoms with Crippen LogP contribution in [-0.4, -0.2) is 19.5 Å². The van der Waals surface area contributed by atoms with Crippen LogP contribution in [0.15, 0.2) is 122 Å². The van der Waals surface area contributed by atoms with Gasteiger partial charge in [-0.1, -0.05) is 60.7 Å². The molecule has 0 unspecified atom stereocenters. The monoisotopic (exact) mass is 500 g/mol. The van der Waals surface area contributed by atoms with Crippen LogP contribution in [0.3, 0.4) is 0 Å². The van der Waals surface area contributed by atoms with Gasteiger partial charge in [0.05, 0.1) is 39.7 Å². The Labute approximate surface area is 224 Å². The van der Waals surface area contributed by atoms with Crippen LogP contribution >= 0.6 is 0 Å². The summed E-state index contributed by atoms with van der Waals surface area (Å²) in [5, 5.41) is 2.34. The highest BCUT2D eigenvalue weighted by molar-refractivity contribution is 6.09. The largest absolute Gasteiger partial charge is 0.454 e. The van der Waals surface area contributed by atoms with Gasteiger partial charge in [0.25, 0.3) is 0 Å². The minimum atomic E-state index is -0.607. The Hall–Kier alpha value is -5.29. The number of para-hydroxylation sites is 3. The quantitative estimate of drug-likeness (QED) is 0.235. The highest BCUT2D eigenvalue weighted by Crippen LogP contribution is 2.62. The molecule has 0 atom stereocenters. The van der Waals surface area contributed by atoms with Crippen molar-refractivity contribution in [3.8, 4) is 28.6 Å². The van der Waals surface area contributed by atoms with Gasteiger partial charge in [-0.15, -0.1) is 0 Å². The molecule has 0 bridgehead atoms. The first-order chi connectivity index (χ1) is 19.4. The van der Waals surface area contributed by atoms with Gasteiger partial charge in [-0.3, -0.25) is 15.0 Å². The summed E-state index contributed by atoms with van der Waals surface area (Å²) in [6.07, 6.45) is 7.50. The summed E-state index contributed by atoms with van der Waals surface area (Å²) < 4.78 is 9.14. The zero-order valence-corrected chi connectivity index (χ0v) is 20.7. The summed E-state index contributed by atoms with van der Waals surface area (Å²) in [6.45, 7) is 0. The Morgan fingerprint density at radius 2 is 1.26 bits per heavy atom. The van der Waals surface area contributed by atoms with Gasteiger partial charge in [-0.05, 0) is 47.5 Å². The van der Waals surface area contributed by atoms with Crippen molar-refractivity contribution in [2.45, 2.75) is 5.41 Å². The summed E-state index contributed by atoms with van der Waals surface area (Å²) >= 11 is 0. The van der Waals surface area contributed by atoms with Crippen molar-refractivity contribution in [2.24, 2.45) is 0 Å². The molecule has 0 saturated heterocycles. The lowest BCUT2D eigenvalue weighted by Gasteiger charge is -2.39. The Morgan fingerprint density at radius 1 is 0.564 bits per heavy atom. The van der Waals surface area contributed by atoms with Crippen LogP contribution in [0.5, 0.6) is 11.5 Å². The molecule has 1 spiro atoms. The first-order valence-corrected chi connectivity index (χ1v) is 13.0. The maximum Gasteiger partial charge on any atom is 0.156 e. The predicted octanol–water partition coefficient (Wildman–Crippen LogP) is 7.44. The third kappa shape index (κ3) is 2.47. The van der Waals surface area contributed by atoms with Crippen molar-refractivity contribution in [1.82, 2.24) is 19.5 Å². The second-order valence-corrected chi connectivity index (χ2v) is 10.0. The van der Waals surface area contributed by atoms with Crippen molar-refractivity contribution in [1.29, 1.82) is 0 Å². The Morgan fingerprint density at radius 3 is 2.10 bits per heavy atom. The number of nitrogens with zero attached hydrogens (tertiary/aromatic N) is 4. The average Bonchev–Trinajstić information content (AvgIpc) is 3.49. The number of aromatic nitrogens is 4. The number of benzene rings is 3. The van der Waals surface area contributed by atoms with Gasteiger partial charge < -0.3 is 9.30 Å². The van der Waals surface area contributed by atoms with Crippen LogP contribution in [0, 0.1) is 0 Å². The van der Waals surface area contributed by atoms with Gasteiger partial charge in [0.1, 0.15) is 5.75 Å². The van der Waals surface area contributed by atoms with E-state index in [1.54, 1.807) is 0 Å². The van der Waals surface area contributed by atoms with E-state index < -0.39 is 5.41 Å². The molecule has 0 fully saturated rings. The number of hydrogen-bond donors (Lipinski definition) is 0. The van der Waals surface area contributed by atoms with Gasteiger partial charge in [0.2, 0.25) is 0 Å². The summed E-state index contributed by atoms with van der Waals surface area (Å²) in [7, 11) is 0. The van der Waals surface area contributed by atoms with E-state index in [1.165, 1.54) is 5.39 Å². The number of hydrogen-bond acceptors (Lipinski definition) is 4. The molecule has 7 aromatic rings. The number of ether oxygens (including phenoxy) is 1. The van der Waals surface area contributed by atoms with Gasteiger partial charge >= 0.3 is 0 Å². The van der Waals surface area contributed by atoms with Crippen LogP contribution in [0.4, 0.5) is 0 Å². The van der Waals surface area contributed by atoms with Crippen LogP contribution in [-0.2, 0) is 5.41 Å². The minimum Gasteiger partial charge on any atom is -0.454 e. The fraction of sp³-hybridized carbons (Fsp3) is 0.0294. The number of fused-ring (bicyclic) bond motifs is 12. The van der Waals surface area contributed by atoms with Crippen molar-refractivity contribution in [2.75, 3.05) is 0 Å². The topological polar surface area (TPSA) is 52.8 Å². The van der Waals surface area contributed by atoms with Crippen LogP contribution in [0.1, 0.15) is 22.3 Å². The number of rotatable bonds is 1. The van der Waals surface area contributed by atoms with Gasteiger partial charge in [-0.25, -0.2) is 0 Å². The van der Waals surface area contributed by atoms with Gasteiger partial charge in [0, 0.05) is 40.5 Å². The van der Waals surface area contributed by atoms with E-state index in [4.69, 9.17) is 14.7 Å². The van der Waals surface area contributed by atoms with Crippen molar-refractivity contribution >= 4 is 21.8 Å². The molecule has 5 heteroatoms. The summed E-state index contributed by atoms with van der Waals surface area (Å²) in [5.74, 6) is 1.66. The van der Waals surface area contributed by atoms with E-state index in [0.29, 0.717) is 0 Å². The van der Waals surface area contributed by atoms with E-state index >= 15 is 0 Å². The van der Waals surface area contributed by atoms with Crippen molar-refractivity contribution in [3.05, 3.63) is 144 Å². The second kappa shape index (κ2) is 7.39. The van der Waals surface area contributed by atoms with Gasteiger partial charge in [-0.2, -0.15) is 0 Å². The van der Waals surface area contributed by atoms with Crippen LogP contribution < -0.4 is 4.74 Å². The van der Waals surface area contributed by atoms with Crippen LogP contribution in [0.2, 0.25) is 0 Å². The third-order valence-electron chi connectivity index (χ3n) is 8.27. The molecule has 0 N–H and O–H groups in total. The molecule has 182 valence electrons. The zero-order valence-electron chi connectivity index (χ0n) is 20.7. The SMILES string of the molecule is c1ccc2c(c1)Oc1c(-n3c4ccccc4c4ccncc43)cccc1C21c2cccnc2-c2ncccc21. The van der Waals surface area contributed by atoms with E-state index in [2.05, 4.69) is 88.4 Å². The summed E-state index contributed by atoms with van der Waals surface area (Å²) in [4.78, 5) is 14.2. The molecule has 0 saturated carbocycles. The molecule has 3 aromatic carbocycles.